The number of imidazole rings is 1. The van der Waals surface area contributed by atoms with Crippen LogP contribution in [0.3, 0.4) is 0 Å². The fourth-order valence-electron chi connectivity index (χ4n) is 2.14. The molecule has 0 saturated heterocycles. The number of amides is 2. The minimum Gasteiger partial charge on any atom is -0.308 e. The minimum atomic E-state index is -0.386. The van der Waals surface area contributed by atoms with Gasteiger partial charge in [-0.25, -0.2) is 9.59 Å². The molecule has 0 fully saturated rings. The highest BCUT2D eigenvalue weighted by Gasteiger charge is 2.07. The molecule has 0 aliphatic heterocycles. The van der Waals surface area contributed by atoms with Gasteiger partial charge in [-0.1, -0.05) is 17.7 Å². The van der Waals surface area contributed by atoms with Gasteiger partial charge in [-0.3, -0.25) is 0 Å². The van der Waals surface area contributed by atoms with Crippen molar-refractivity contribution in [2.24, 2.45) is 0 Å². The summed E-state index contributed by atoms with van der Waals surface area (Å²) in [6.45, 7) is 1.83. The smallest absolute Gasteiger partial charge is 0.308 e. The van der Waals surface area contributed by atoms with Gasteiger partial charge in [0.05, 0.1) is 11.0 Å². The van der Waals surface area contributed by atoms with Crippen molar-refractivity contribution in [1.82, 2.24) is 9.97 Å². The van der Waals surface area contributed by atoms with Crippen molar-refractivity contribution in [3.63, 3.8) is 0 Å². The molecule has 0 unspecified atom stereocenters. The Hall–Kier alpha value is -2.73. The molecule has 3 rings (SSSR count). The van der Waals surface area contributed by atoms with E-state index < -0.39 is 0 Å². The number of carbonyl (C=O) groups is 1. The maximum Gasteiger partial charge on any atom is 0.323 e. The number of aromatic nitrogens is 2. The topological polar surface area (TPSA) is 89.8 Å². The van der Waals surface area contributed by atoms with E-state index in [1.165, 1.54) is 0 Å². The van der Waals surface area contributed by atoms with Crippen molar-refractivity contribution in [2.75, 3.05) is 10.6 Å². The first kappa shape index (κ1) is 14.2. The van der Waals surface area contributed by atoms with Gasteiger partial charge in [-0.2, -0.15) is 0 Å². The fourth-order valence-corrected chi connectivity index (χ4v) is 2.31. The molecule has 22 heavy (non-hydrogen) atoms. The summed E-state index contributed by atoms with van der Waals surface area (Å²) < 4.78 is 0. The lowest BCUT2D eigenvalue weighted by atomic mass is 10.2. The molecule has 0 radical (unpaired) electrons. The van der Waals surface area contributed by atoms with Crippen LogP contribution in [0.15, 0.2) is 41.2 Å². The van der Waals surface area contributed by atoms with Gasteiger partial charge >= 0.3 is 11.7 Å². The van der Waals surface area contributed by atoms with Crippen molar-refractivity contribution in [1.29, 1.82) is 0 Å². The Morgan fingerprint density at radius 3 is 2.68 bits per heavy atom. The van der Waals surface area contributed by atoms with Crippen LogP contribution in [0.25, 0.3) is 11.0 Å². The van der Waals surface area contributed by atoms with E-state index in [0.717, 1.165) is 5.56 Å². The van der Waals surface area contributed by atoms with Crippen molar-refractivity contribution >= 4 is 40.0 Å². The van der Waals surface area contributed by atoms with E-state index in [1.54, 1.807) is 36.4 Å². The lowest BCUT2D eigenvalue weighted by molar-refractivity contribution is 0.262. The monoisotopic (exact) mass is 316 g/mol. The summed E-state index contributed by atoms with van der Waals surface area (Å²) in [7, 11) is 0. The Labute approximate surface area is 130 Å². The number of halogens is 1. The second kappa shape index (κ2) is 5.57. The summed E-state index contributed by atoms with van der Waals surface area (Å²) >= 11 is 6.02. The summed E-state index contributed by atoms with van der Waals surface area (Å²) in [4.78, 5) is 28.5. The number of carbonyl (C=O) groups excluding carboxylic acids is 1. The molecule has 1 heterocycles. The highest BCUT2D eigenvalue weighted by atomic mass is 35.5. The number of anilines is 2. The molecule has 2 amide bonds. The summed E-state index contributed by atoms with van der Waals surface area (Å²) in [5, 5.41) is 6.04. The van der Waals surface area contributed by atoms with Gasteiger partial charge in [0.2, 0.25) is 0 Å². The number of aromatic amines is 2. The Morgan fingerprint density at radius 2 is 1.86 bits per heavy atom. The third-order valence-corrected chi connectivity index (χ3v) is 3.70. The van der Waals surface area contributed by atoms with Crippen molar-refractivity contribution < 1.29 is 4.79 Å². The zero-order chi connectivity index (χ0) is 15.7. The molecule has 112 valence electrons. The number of urea groups is 1. The van der Waals surface area contributed by atoms with Gasteiger partial charge in [0, 0.05) is 16.4 Å². The summed E-state index contributed by atoms with van der Waals surface area (Å²) in [6, 6.07) is 10.0. The SMILES string of the molecule is Cc1c(Cl)cccc1NC(=O)Nc1ccc2[nH]c(=O)[nH]c2c1. The molecule has 6 nitrogen and oxygen atoms in total. The van der Waals surface area contributed by atoms with E-state index in [2.05, 4.69) is 20.6 Å². The van der Waals surface area contributed by atoms with Crippen LogP contribution in [0.2, 0.25) is 5.02 Å². The molecule has 0 bridgehead atoms. The first-order chi connectivity index (χ1) is 10.5. The molecular formula is C15H13ClN4O2. The predicted octanol–water partition coefficient (Wildman–Crippen LogP) is 3.46. The average molecular weight is 317 g/mol. The number of benzene rings is 2. The molecule has 0 aliphatic carbocycles. The van der Waals surface area contributed by atoms with E-state index >= 15 is 0 Å². The number of rotatable bonds is 2. The highest BCUT2D eigenvalue weighted by Crippen LogP contribution is 2.23. The zero-order valence-electron chi connectivity index (χ0n) is 11.7. The van der Waals surface area contributed by atoms with E-state index in [-0.39, 0.29) is 11.7 Å². The number of nitrogens with one attached hydrogen (secondary N) is 4. The highest BCUT2D eigenvalue weighted by molar-refractivity contribution is 6.31. The van der Waals surface area contributed by atoms with Gasteiger partial charge in [0.15, 0.2) is 0 Å². The van der Waals surface area contributed by atoms with E-state index in [0.29, 0.717) is 27.4 Å². The van der Waals surface area contributed by atoms with Crippen LogP contribution in [-0.2, 0) is 0 Å². The maximum atomic E-state index is 12.0. The Balaban J connectivity index is 1.77. The molecule has 0 atom stereocenters. The van der Waals surface area contributed by atoms with Crippen molar-refractivity contribution in [2.45, 2.75) is 6.92 Å². The Kier molecular flexibility index (Phi) is 3.60. The van der Waals surface area contributed by atoms with Crippen LogP contribution in [0, 0.1) is 6.92 Å². The maximum absolute atomic E-state index is 12.0. The molecule has 0 saturated carbocycles. The molecule has 0 spiro atoms. The van der Waals surface area contributed by atoms with E-state index in [4.69, 9.17) is 11.6 Å². The standard InChI is InChI=1S/C15H13ClN4O2/c1-8-10(16)3-2-4-11(8)18-14(21)17-9-5-6-12-13(7-9)20-15(22)19-12/h2-7H,1H3,(H2,17,18,21)(H2,19,20,22). The molecule has 4 N–H and O–H groups in total. The number of fused-ring (bicyclic) bond motifs is 1. The van der Waals surface area contributed by atoms with E-state index in [9.17, 15) is 9.59 Å². The molecule has 1 aromatic heterocycles. The molecule has 2 aromatic carbocycles. The third-order valence-electron chi connectivity index (χ3n) is 3.29. The van der Waals surface area contributed by atoms with E-state index in [1.807, 2.05) is 6.92 Å². The lowest BCUT2D eigenvalue weighted by Crippen LogP contribution is -2.19. The summed E-state index contributed by atoms with van der Waals surface area (Å²) in [5.74, 6) is 0. The van der Waals surface area contributed by atoms with Crippen LogP contribution >= 0.6 is 11.6 Å². The van der Waals surface area contributed by atoms with Gasteiger partial charge in [-0.15, -0.1) is 0 Å². The van der Waals surface area contributed by atoms with Crippen LogP contribution in [0.1, 0.15) is 5.56 Å². The van der Waals surface area contributed by atoms with Crippen LogP contribution < -0.4 is 16.3 Å². The van der Waals surface area contributed by atoms with Crippen molar-refractivity contribution in [3.8, 4) is 0 Å². The molecule has 3 aromatic rings. The molecular weight excluding hydrogens is 304 g/mol. The van der Waals surface area contributed by atoms with Gasteiger partial charge < -0.3 is 20.6 Å². The fraction of sp³-hybridized carbons (Fsp3) is 0.0667. The first-order valence-corrected chi connectivity index (χ1v) is 6.96. The Morgan fingerprint density at radius 1 is 1.09 bits per heavy atom. The van der Waals surface area contributed by atoms with Gasteiger partial charge in [0.25, 0.3) is 0 Å². The summed E-state index contributed by atoms with van der Waals surface area (Å²) in [6.07, 6.45) is 0. The Bertz CT molecular complexity index is 913. The molecule has 0 aliphatic rings. The predicted molar refractivity (Wildman–Crippen MR) is 87.7 cm³/mol. The second-order valence-electron chi connectivity index (χ2n) is 4.83. The quantitative estimate of drug-likeness (QED) is 0.583. The largest absolute Gasteiger partial charge is 0.323 e. The van der Waals surface area contributed by atoms with Crippen LogP contribution in [0.4, 0.5) is 16.2 Å². The number of hydrogen-bond donors (Lipinski definition) is 4. The minimum absolute atomic E-state index is 0.286. The average Bonchev–Trinajstić information content (AvgIpc) is 2.83. The van der Waals surface area contributed by atoms with Gasteiger partial charge in [0.1, 0.15) is 0 Å². The normalized spacial score (nSPS) is 10.6. The van der Waals surface area contributed by atoms with Gasteiger partial charge in [-0.05, 0) is 42.8 Å². The first-order valence-electron chi connectivity index (χ1n) is 6.58. The number of H-pyrrole nitrogens is 2. The van der Waals surface area contributed by atoms with Crippen molar-refractivity contribution in [3.05, 3.63) is 57.5 Å². The zero-order valence-corrected chi connectivity index (χ0v) is 12.4. The lowest BCUT2D eigenvalue weighted by Gasteiger charge is -2.10. The molecule has 7 heteroatoms. The second-order valence-corrected chi connectivity index (χ2v) is 5.24. The summed E-state index contributed by atoms with van der Waals surface area (Å²) in [5.41, 5.74) is 3.03. The van der Waals surface area contributed by atoms with Crippen LogP contribution in [0.5, 0.6) is 0 Å². The van der Waals surface area contributed by atoms with Crippen LogP contribution in [-0.4, -0.2) is 16.0 Å². The number of hydrogen-bond acceptors (Lipinski definition) is 2. The third kappa shape index (κ3) is 2.82.